The fourth-order valence-electron chi connectivity index (χ4n) is 1.59. The standard InChI is InChI=1S/C14H8ClN3O2S/c15-11-3-1-10(2-4-11)13(19)21-14-18-17-12(20-14)9-5-7-16-8-6-9/h1-8H. The smallest absolute Gasteiger partial charge is 0.284 e. The van der Waals surface area contributed by atoms with E-state index in [0.717, 1.165) is 17.3 Å². The lowest BCUT2D eigenvalue weighted by Gasteiger charge is -1.97. The molecule has 0 radical (unpaired) electrons. The van der Waals surface area contributed by atoms with Gasteiger partial charge in [-0.1, -0.05) is 11.6 Å². The summed E-state index contributed by atoms with van der Waals surface area (Å²) < 4.78 is 5.45. The van der Waals surface area contributed by atoms with Crippen LogP contribution in [0, 0.1) is 0 Å². The molecule has 0 aliphatic carbocycles. The third-order valence-electron chi connectivity index (χ3n) is 2.59. The summed E-state index contributed by atoms with van der Waals surface area (Å²) in [5.74, 6) is 0.351. The van der Waals surface area contributed by atoms with Crippen molar-refractivity contribution < 1.29 is 9.21 Å². The van der Waals surface area contributed by atoms with E-state index in [1.807, 2.05) is 0 Å². The van der Waals surface area contributed by atoms with Crippen LogP contribution in [0.3, 0.4) is 0 Å². The number of rotatable bonds is 3. The molecule has 0 saturated carbocycles. The van der Waals surface area contributed by atoms with E-state index in [9.17, 15) is 4.79 Å². The highest BCUT2D eigenvalue weighted by atomic mass is 35.5. The normalized spacial score (nSPS) is 10.5. The number of pyridine rings is 1. The van der Waals surface area contributed by atoms with Gasteiger partial charge in [0.2, 0.25) is 11.0 Å². The molecule has 3 rings (SSSR count). The van der Waals surface area contributed by atoms with Gasteiger partial charge in [0.15, 0.2) is 0 Å². The van der Waals surface area contributed by atoms with Crippen molar-refractivity contribution in [3.8, 4) is 11.5 Å². The van der Waals surface area contributed by atoms with Crippen molar-refractivity contribution in [1.29, 1.82) is 0 Å². The summed E-state index contributed by atoms with van der Waals surface area (Å²) in [6, 6.07) is 10.1. The molecule has 5 nitrogen and oxygen atoms in total. The average Bonchev–Trinajstić information content (AvgIpc) is 2.97. The summed E-state index contributed by atoms with van der Waals surface area (Å²) in [5, 5.41) is 8.35. The number of thioether (sulfide) groups is 1. The Labute approximate surface area is 129 Å². The van der Waals surface area contributed by atoms with E-state index < -0.39 is 0 Å². The molecule has 0 bridgehead atoms. The van der Waals surface area contributed by atoms with Crippen LogP contribution in [0.5, 0.6) is 0 Å². The third-order valence-corrected chi connectivity index (χ3v) is 3.61. The molecule has 21 heavy (non-hydrogen) atoms. The molecular weight excluding hydrogens is 310 g/mol. The van der Waals surface area contributed by atoms with E-state index in [0.29, 0.717) is 16.5 Å². The number of hydrogen-bond acceptors (Lipinski definition) is 6. The summed E-state index contributed by atoms with van der Waals surface area (Å²) in [7, 11) is 0. The highest BCUT2D eigenvalue weighted by Gasteiger charge is 2.14. The molecule has 1 aromatic carbocycles. The first-order valence-corrected chi connectivity index (χ1v) is 7.13. The van der Waals surface area contributed by atoms with Crippen LogP contribution in [0.2, 0.25) is 5.02 Å². The minimum atomic E-state index is -0.184. The zero-order chi connectivity index (χ0) is 14.7. The van der Waals surface area contributed by atoms with E-state index in [-0.39, 0.29) is 10.3 Å². The summed E-state index contributed by atoms with van der Waals surface area (Å²) in [6.45, 7) is 0. The molecule has 104 valence electrons. The predicted molar refractivity (Wildman–Crippen MR) is 79.2 cm³/mol. The second kappa shape index (κ2) is 6.07. The van der Waals surface area contributed by atoms with Gasteiger partial charge in [-0.3, -0.25) is 9.78 Å². The van der Waals surface area contributed by atoms with Crippen LogP contribution in [0.15, 0.2) is 58.4 Å². The molecule has 0 saturated heterocycles. The van der Waals surface area contributed by atoms with Gasteiger partial charge in [-0.15, -0.1) is 10.2 Å². The van der Waals surface area contributed by atoms with Crippen molar-refractivity contribution in [2.24, 2.45) is 0 Å². The quantitative estimate of drug-likeness (QED) is 0.686. The molecule has 0 aliphatic rings. The van der Waals surface area contributed by atoms with Crippen molar-refractivity contribution >= 4 is 28.5 Å². The van der Waals surface area contributed by atoms with E-state index in [2.05, 4.69) is 15.2 Å². The van der Waals surface area contributed by atoms with E-state index >= 15 is 0 Å². The molecule has 0 unspecified atom stereocenters. The minimum Gasteiger partial charge on any atom is -0.411 e. The zero-order valence-electron chi connectivity index (χ0n) is 10.6. The first-order valence-electron chi connectivity index (χ1n) is 5.94. The minimum absolute atomic E-state index is 0.184. The Morgan fingerprint density at radius 3 is 2.48 bits per heavy atom. The highest BCUT2D eigenvalue weighted by Crippen LogP contribution is 2.25. The molecule has 3 aromatic rings. The van der Waals surface area contributed by atoms with Crippen LogP contribution in [0.4, 0.5) is 0 Å². The lowest BCUT2D eigenvalue weighted by atomic mass is 10.2. The van der Waals surface area contributed by atoms with Gasteiger partial charge < -0.3 is 4.42 Å². The molecule has 0 amide bonds. The Kier molecular flexibility index (Phi) is 3.98. The van der Waals surface area contributed by atoms with Crippen LogP contribution in [0.1, 0.15) is 10.4 Å². The third kappa shape index (κ3) is 3.29. The van der Waals surface area contributed by atoms with Crippen LogP contribution < -0.4 is 0 Å². The monoisotopic (exact) mass is 317 g/mol. The Balaban J connectivity index is 1.75. The molecule has 0 atom stereocenters. The molecule has 2 heterocycles. The van der Waals surface area contributed by atoms with Crippen molar-refractivity contribution in [1.82, 2.24) is 15.2 Å². The first-order chi connectivity index (χ1) is 10.2. The molecule has 0 aliphatic heterocycles. The second-order valence-electron chi connectivity index (χ2n) is 4.01. The number of hydrogen-bond donors (Lipinski definition) is 0. The first kappa shape index (κ1) is 13.8. The fourth-order valence-corrected chi connectivity index (χ4v) is 2.33. The van der Waals surface area contributed by atoms with Crippen molar-refractivity contribution in [3.63, 3.8) is 0 Å². The number of carbonyl (C=O) groups is 1. The zero-order valence-corrected chi connectivity index (χ0v) is 12.1. The lowest BCUT2D eigenvalue weighted by molar-refractivity contribution is 0.108. The molecule has 0 spiro atoms. The molecule has 2 aromatic heterocycles. The van der Waals surface area contributed by atoms with Gasteiger partial charge in [-0.05, 0) is 36.4 Å². The molecule has 0 fully saturated rings. The van der Waals surface area contributed by atoms with Crippen molar-refractivity contribution in [3.05, 3.63) is 59.4 Å². The summed E-state index contributed by atoms with van der Waals surface area (Å²) in [5.41, 5.74) is 1.27. The Morgan fingerprint density at radius 2 is 1.76 bits per heavy atom. The molecule has 0 N–H and O–H groups in total. The van der Waals surface area contributed by atoms with Crippen LogP contribution in [-0.4, -0.2) is 20.3 Å². The largest absolute Gasteiger partial charge is 0.411 e. The topological polar surface area (TPSA) is 68.9 Å². The number of halogens is 1. The SMILES string of the molecule is O=C(Sc1nnc(-c2ccncc2)o1)c1ccc(Cl)cc1. The molecular formula is C14H8ClN3O2S. The maximum atomic E-state index is 12.1. The van der Waals surface area contributed by atoms with Gasteiger partial charge in [0.25, 0.3) is 5.22 Å². The van der Waals surface area contributed by atoms with Gasteiger partial charge >= 0.3 is 0 Å². The van der Waals surface area contributed by atoms with Crippen LogP contribution >= 0.6 is 23.4 Å². The van der Waals surface area contributed by atoms with Gasteiger partial charge in [0.1, 0.15) is 0 Å². The Bertz CT molecular complexity index is 759. The Hall–Kier alpha value is -2.18. The van der Waals surface area contributed by atoms with E-state index in [1.165, 1.54) is 0 Å². The highest BCUT2D eigenvalue weighted by molar-refractivity contribution is 8.14. The van der Waals surface area contributed by atoms with Gasteiger partial charge in [-0.25, -0.2) is 0 Å². The number of aromatic nitrogens is 3. The van der Waals surface area contributed by atoms with Gasteiger partial charge in [0.05, 0.1) is 0 Å². The number of benzene rings is 1. The average molecular weight is 318 g/mol. The summed E-state index contributed by atoms with van der Waals surface area (Å²) >= 11 is 6.66. The summed E-state index contributed by atoms with van der Waals surface area (Å²) in [4.78, 5) is 16.0. The summed E-state index contributed by atoms with van der Waals surface area (Å²) in [6.07, 6.45) is 3.26. The number of nitrogens with zero attached hydrogens (tertiary/aromatic N) is 3. The van der Waals surface area contributed by atoms with Gasteiger partial charge in [0, 0.05) is 40.3 Å². The maximum absolute atomic E-state index is 12.1. The lowest BCUT2D eigenvalue weighted by Crippen LogP contribution is -1.92. The van der Waals surface area contributed by atoms with Crippen molar-refractivity contribution in [2.75, 3.05) is 0 Å². The fraction of sp³-hybridized carbons (Fsp3) is 0. The predicted octanol–water partition coefficient (Wildman–Crippen LogP) is 3.72. The van der Waals surface area contributed by atoms with Crippen LogP contribution in [0.25, 0.3) is 11.5 Å². The molecule has 7 heteroatoms. The number of carbonyl (C=O) groups excluding carboxylic acids is 1. The van der Waals surface area contributed by atoms with Crippen molar-refractivity contribution in [2.45, 2.75) is 5.22 Å². The van der Waals surface area contributed by atoms with Crippen LogP contribution in [-0.2, 0) is 0 Å². The van der Waals surface area contributed by atoms with E-state index in [4.69, 9.17) is 16.0 Å². The van der Waals surface area contributed by atoms with E-state index in [1.54, 1.807) is 48.8 Å². The van der Waals surface area contributed by atoms with Gasteiger partial charge in [-0.2, -0.15) is 0 Å². The second-order valence-corrected chi connectivity index (χ2v) is 5.37. The maximum Gasteiger partial charge on any atom is 0.284 e. The Morgan fingerprint density at radius 1 is 1.05 bits per heavy atom.